The minimum atomic E-state index is -0.261. The van der Waals surface area contributed by atoms with E-state index < -0.39 is 0 Å². The summed E-state index contributed by atoms with van der Waals surface area (Å²) in [6.07, 6.45) is 2.41. The molecule has 4 heteroatoms. The van der Waals surface area contributed by atoms with Crippen LogP contribution in [0.3, 0.4) is 0 Å². The molecule has 0 aromatic rings. The Labute approximate surface area is 91.4 Å². The zero-order valence-electron chi connectivity index (χ0n) is 9.68. The van der Waals surface area contributed by atoms with Crippen LogP contribution in [0.5, 0.6) is 0 Å². The lowest BCUT2D eigenvalue weighted by atomic mass is 9.88. The lowest BCUT2D eigenvalue weighted by Gasteiger charge is -2.25. The van der Waals surface area contributed by atoms with Crippen LogP contribution in [0.1, 0.15) is 33.1 Å². The van der Waals surface area contributed by atoms with Gasteiger partial charge in [0.15, 0.2) is 0 Å². The van der Waals surface area contributed by atoms with E-state index in [2.05, 4.69) is 10.6 Å². The molecule has 1 saturated heterocycles. The van der Waals surface area contributed by atoms with Crippen LogP contribution in [0.25, 0.3) is 0 Å². The van der Waals surface area contributed by atoms with Crippen LogP contribution >= 0.6 is 0 Å². The van der Waals surface area contributed by atoms with Gasteiger partial charge in [0, 0.05) is 19.2 Å². The van der Waals surface area contributed by atoms with Crippen LogP contribution in [-0.4, -0.2) is 36.8 Å². The quantitative estimate of drug-likeness (QED) is 0.615. The van der Waals surface area contributed by atoms with E-state index in [0.717, 1.165) is 25.9 Å². The summed E-state index contributed by atoms with van der Waals surface area (Å²) in [7, 11) is 0. The molecule has 1 heterocycles. The molecule has 1 fully saturated rings. The second-order valence-electron chi connectivity index (χ2n) is 4.58. The van der Waals surface area contributed by atoms with Crippen LogP contribution in [0.2, 0.25) is 0 Å². The van der Waals surface area contributed by atoms with E-state index in [1.807, 2.05) is 13.8 Å². The summed E-state index contributed by atoms with van der Waals surface area (Å²) in [6.45, 7) is 5.83. The third-order valence-corrected chi connectivity index (χ3v) is 3.22. The fraction of sp³-hybridized carbons (Fsp3) is 0.909. The minimum absolute atomic E-state index is 0.111. The maximum Gasteiger partial charge on any atom is 0.227 e. The average Bonchev–Trinajstić information content (AvgIpc) is 2.65. The molecule has 0 spiro atoms. The molecule has 2 unspecified atom stereocenters. The Morgan fingerprint density at radius 1 is 1.67 bits per heavy atom. The molecule has 3 N–H and O–H groups in total. The van der Waals surface area contributed by atoms with Crippen LogP contribution in [0, 0.1) is 5.41 Å². The number of amides is 1. The fourth-order valence-corrected chi connectivity index (χ4v) is 1.90. The third-order valence-electron chi connectivity index (χ3n) is 3.22. The summed E-state index contributed by atoms with van der Waals surface area (Å²) in [4.78, 5) is 12.0. The molecule has 0 aromatic carbocycles. The van der Waals surface area contributed by atoms with Crippen molar-refractivity contribution in [3.63, 3.8) is 0 Å². The molecule has 1 rings (SSSR count). The molecule has 0 aliphatic carbocycles. The van der Waals surface area contributed by atoms with Crippen LogP contribution in [0.4, 0.5) is 0 Å². The van der Waals surface area contributed by atoms with Crippen molar-refractivity contribution in [1.29, 1.82) is 0 Å². The van der Waals surface area contributed by atoms with Gasteiger partial charge >= 0.3 is 0 Å². The fourth-order valence-electron chi connectivity index (χ4n) is 1.90. The summed E-state index contributed by atoms with van der Waals surface area (Å²) in [5.41, 5.74) is -0.261. The number of carbonyl (C=O) groups is 1. The van der Waals surface area contributed by atoms with Gasteiger partial charge in [-0.1, -0.05) is 6.92 Å². The molecular formula is C11H22N2O2. The van der Waals surface area contributed by atoms with E-state index in [-0.39, 0.29) is 24.0 Å². The first-order valence-corrected chi connectivity index (χ1v) is 5.75. The van der Waals surface area contributed by atoms with Crippen molar-refractivity contribution in [3.05, 3.63) is 0 Å². The normalized spacial score (nSPS) is 27.7. The highest BCUT2D eigenvalue weighted by Gasteiger charge is 2.36. The van der Waals surface area contributed by atoms with Crippen molar-refractivity contribution in [2.45, 2.75) is 39.2 Å². The van der Waals surface area contributed by atoms with Crippen LogP contribution in [0.15, 0.2) is 0 Å². The molecule has 1 aliphatic rings. The lowest BCUT2D eigenvalue weighted by molar-refractivity contribution is -0.130. The molecule has 0 saturated carbocycles. The van der Waals surface area contributed by atoms with E-state index >= 15 is 0 Å². The van der Waals surface area contributed by atoms with Gasteiger partial charge in [-0.3, -0.25) is 4.79 Å². The molecule has 0 aromatic heterocycles. The second kappa shape index (κ2) is 5.47. The van der Waals surface area contributed by atoms with Gasteiger partial charge in [0.05, 0.1) is 5.41 Å². The molecule has 88 valence electrons. The number of hydrogen-bond acceptors (Lipinski definition) is 3. The van der Waals surface area contributed by atoms with Gasteiger partial charge in [-0.05, 0) is 32.7 Å². The standard InChI is InChI=1S/C11H22N2O2/c1-3-9(4-7-14)13-10(15)11(2)5-6-12-8-11/h9,12,14H,3-8H2,1-2H3,(H,13,15). The number of rotatable bonds is 5. The van der Waals surface area contributed by atoms with Gasteiger partial charge in [-0.15, -0.1) is 0 Å². The van der Waals surface area contributed by atoms with Crippen LogP contribution in [-0.2, 0) is 4.79 Å². The molecule has 1 amide bonds. The minimum Gasteiger partial charge on any atom is -0.396 e. The third kappa shape index (κ3) is 3.18. The zero-order chi connectivity index (χ0) is 11.3. The predicted octanol–water partition coefficient (Wildman–Crippen LogP) is 0.263. The number of hydrogen-bond donors (Lipinski definition) is 3. The summed E-state index contributed by atoms with van der Waals surface area (Å²) < 4.78 is 0. The molecule has 15 heavy (non-hydrogen) atoms. The van der Waals surface area contributed by atoms with Crippen molar-refractivity contribution in [2.75, 3.05) is 19.7 Å². The topological polar surface area (TPSA) is 61.4 Å². The van der Waals surface area contributed by atoms with E-state index in [0.29, 0.717) is 6.42 Å². The highest BCUT2D eigenvalue weighted by atomic mass is 16.3. The van der Waals surface area contributed by atoms with Crippen molar-refractivity contribution < 1.29 is 9.90 Å². The molecule has 1 aliphatic heterocycles. The van der Waals surface area contributed by atoms with Crippen molar-refractivity contribution in [1.82, 2.24) is 10.6 Å². The van der Waals surface area contributed by atoms with Gasteiger partial charge in [0.25, 0.3) is 0 Å². The Bertz CT molecular complexity index is 213. The predicted molar refractivity (Wildman–Crippen MR) is 59.5 cm³/mol. The largest absolute Gasteiger partial charge is 0.396 e. The molecular weight excluding hydrogens is 192 g/mol. The second-order valence-corrected chi connectivity index (χ2v) is 4.58. The molecule has 2 atom stereocenters. The summed E-state index contributed by atoms with van der Waals surface area (Å²) in [6, 6.07) is 0.111. The first-order valence-electron chi connectivity index (χ1n) is 5.75. The summed E-state index contributed by atoms with van der Waals surface area (Å²) in [5, 5.41) is 15.1. The van der Waals surface area contributed by atoms with E-state index in [9.17, 15) is 4.79 Å². The van der Waals surface area contributed by atoms with Gasteiger partial charge in [-0.25, -0.2) is 0 Å². The molecule has 4 nitrogen and oxygen atoms in total. The summed E-state index contributed by atoms with van der Waals surface area (Å²) >= 11 is 0. The Kier molecular flexibility index (Phi) is 4.54. The van der Waals surface area contributed by atoms with Crippen molar-refractivity contribution in [2.24, 2.45) is 5.41 Å². The zero-order valence-corrected chi connectivity index (χ0v) is 9.68. The van der Waals surface area contributed by atoms with E-state index in [4.69, 9.17) is 5.11 Å². The van der Waals surface area contributed by atoms with E-state index in [1.165, 1.54) is 0 Å². The van der Waals surface area contributed by atoms with Gasteiger partial charge < -0.3 is 15.7 Å². The van der Waals surface area contributed by atoms with E-state index in [1.54, 1.807) is 0 Å². The van der Waals surface area contributed by atoms with Crippen molar-refractivity contribution >= 4 is 5.91 Å². The number of nitrogens with one attached hydrogen (secondary N) is 2. The highest BCUT2D eigenvalue weighted by molar-refractivity contribution is 5.83. The van der Waals surface area contributed by atoms with Gasteiger partial charge in [-0.2, -0.15) is 0 Å². The maximum atomic E-state index is 12.0. The smallest absolute Gasteiger partial charge is 0.227 e. The van der Waals surface area contributed by atoms with Gasteiger partial charge in [0.1, 0.15) is 0 Å². The Morgan fingerprint density at radius 3 is 2.87 bits per heavy atom. The lowest BCUT2D eigenvalue weighted by Crippen LogP contribution is -2.45. The number of aliphatic hydroxyl groups excluding tert-OH is 1. The number of carbonyl (C=O) groups excluding carboxylic acids is 1. The Balaban J connectivity index is 2.45. The highest BCUT2D eigenvalue weighted by Crippen LogP contribution is 2.24. The Morgan fingerprint density at radius 2 is 2.40 bits per heavy atom. The first-order chi connectivity index (χ1) is 7.12. The molecule has 0 radical (unpaired) electrons. The Hall–Kier alpha value is -0.610. The number of aliphatic hydroxyl groups is 1. The van der Waals surface area contributed by atoms with Crippen LogP contribution < -0.4 is 10.6 Å². The SMILES string of the molecule is CCC(CCO)NC(=O)C1(C)CCNC1. The first kappa shape index (κ1) is 12.5. The summed E-state index contributed by atoms with van der Waals surface area (Å²) in [5.74, 6) is 0.118. The van der Waals surface area contributed by atoms with Crippen molar-refractivity contribution in [3.8, 4) is 0 Å². The molecule has 0 bridgehead atoms. The average molecular weight is 214 g/mol. The maximum absolute atomic E-state index is 12.0. The van der Waals surface area contributed by atoms with Gasteiger partial charge in [0.2, 0.25) is 5.91 Å². The monoisotopic (exact) mass is 214 g/mol.